The number of urea groups is 1. The molecule has 0 aliphatic carbocycles. The number of hydrogen-bond donors (Lipinski definition) is 2. The van der Waals surface area contributed by atoms with E-state index in [1.165, 1.54) is 11.0 Å². The van der Waals surface area contributed by atoms with Crippen molar-refractivity contribution in [2.24, 2.45) is 5.41 Å². The highest BCUT2D eigenvalue weighted by atomic mass is 19.4. The first-order chi connectivity index (χ1) is 12.8. The van der Waals surface area contributed by atoms with E-state index in [4.69, 9.17) is 0 Å². The number of alkyl halides is 3. The maximum Gasteiger partial charge on any atom is 0.412 e. The van der Waals surface area contributed by atoms with Gasteiger partial charge >= 0.3 is 12.2 Å². The van der Waals surface area contributed by atoms with Crippen molar-refractivity contribution in [1.29, 1.82) is 0 Å². The van der Waals surface area contributed by atoms with Gasteiger partial charge in [-0.25, -0.2) is 4.79 Å². The Balaban J connectivity index is 1.55. The molecular weight excluding hydrogens is 359 g/mol. The van der Waals surface area contributed by atoms with Crippen LogP contribution in [0.3, 0.4) is 0 Å². The van der Waals surface area contributed by atoms with Gasteiger partial charge in [-0.2, -0.15) is 13.2 Å². The third kappa shape index (κ3) is 3.20. The molecule has 2 aliphatic rings. The third-order valence-electron chi connectivity index (χ3n) is 5.27. The summed E-state index contributed by atoms with van der Waals surface area (Å²) in [7, 11) is 0. The van der Waals surface area contributed by atoms with Crippen LogP contribution >= 0.6 is 0 Å². The normalized spacial score (nSPS) is 19.7. The van der Waals surface area contributed by atoms with E-state index < -0.39 is 18.2 Å². The molecule has 2 aromatic rings. The Morgan fingerprint density at radius 3 is 2.52 bits per heavy atom. The molecule has 4 rings (SSSR count). The highest BCUT2D eigenvalue weighted by molar-refractivity contribution is 5.87. The minimum Gasteiger partial charge on any atom is -0.355 e. The lowest BCUT2D eigenvalue weighted by Gasteiger charge is -2.47. The van der Waals surface area contributed by atoms with Crippen LogP contribution in [0.15, 0.2) is 42.5 Å². The van der Waals surface area contributed by atoms with Crippen molar-refractivity contribution in [2.75, 3.05) is 19.6 Å². The van der Waals surface area contributed by atoms with Gasteiger partial charge in [-0.3, -0.25) is 4.79 Å². The van der Waals surface area contributed by atoms with E-state index >= 15 is 0 Å². The topological polar surface area (TPSA) is 61.4 Å². The number of rotatable bonds is 2. The van der Waals surface area contributed by atoms with Gasteiger partial charge in [0.2, 0.25) is 5.91 Å². The standard InChI is InChI=1S/C19H18F3N3O2/c20-19(21,22)16(14-7-3-5-12-4-1-2-6-13(12)14)24-17(27)25-10-18(11-25)8-15(26)23-9-18/h1-7,16H,8-11H2,(H,23,26)(H,24,27). The molecule has 27 heavy (non-hydrogen) atoms. The van der Waals surface area contributed by atoms with Crippen molar-refractivity contribution < 1.29 is 22.8 Å². The van der Waals surface area contributed by atoms with Crippen LogP contribution in [0.1, 0.15) is 18.0 Å². The predicted octanol–water partition coefficient (Wildman–Crippen LogP) is 2.97. The molecule has 2 fully saturated rings. The molecule has 142 valence electrons. The van der Waals surface area contributed by atoms with Crippen LogP contribution in [0.4, 0.5) is 18.0 Å². The Morgan fingerprint density at radius 1 is 1.15 bits per heavy atom. The molecule has 0 saturated carbocycles. The molecule has 5 nitrogen and oxygen atoms in total. The molecule has 3 amide bonds. The summed E-state index contributed by atoms with van der Waals surface area (Å²) in [4.78, 5) is 25.1. The van der Waals surface area contributed by atoms with Gasteiger partial charge in [0, 0.05) is 31.5 Å². The molecule has 8 heteroatoms. The molecule has 0 aromatic heterocycles. The van der Waals surface area contributed by atoms with Gasteiger partial charge in [0.25, 0.3) is 0 Å². The number of benzene rings is 2. The fourth-order valence-corrected chi connectivity index (χ4v) is 3.94. The average Bonchev–Trinajstić information content (AvgIpc) is 2.99. The summed E-state index contributed by atoms with van der Waals surface area (Å²) in [6.45, 7) is 1.01. The summed E-state index contributed by atoms with van der Waals surface area (Å²) in [5.41, 5.74) is -0.316. The summed E-state index contributed by atoms with van der Waals surface area (Å²) < 4.78 is 41.2. The number of hydrogen-bond acceptors (Lipinski definition) is 2. The number of carbonyl (C=O) groups is 2. The molecule has 2 saturated heterocycles. The van der Waals surface area contributed by atoms with E-state index in [2.05, 4.69) is 10.6 Å². The molecule has 0 bridgehead atoms. The molecule has 2 aromatic carbocycles. The minimum absolute atomic E-state index is 0.0156. The predicted molar refractivity (Wildman–Crippen MR) is 92.9 cm³/mol. The Morgan fingerprint density at radius 2 is 1.85 bits per heavy atom. The van der Waals surface area contributed by atoms with Crippen molar-refractivity contribution in [1.82, 2.24) is 15.5 Å². The molecule has 2 N–H and O–H groups in total. The second-order valence-corrected chi connectivity index (χ2v) is 7.30. The van der Waals surface area contributed by atoms with E-state index in [1.807, 2.05) is 0 Å². The quantitative estimate of drug-likeness (QED) is 0.845. The van der Waals surface area contributed by atoms with Crippen LogP contribution in [0.2, 0.25) is 0 Å². The van der Waals surface area contributed by atoms with Gasteiger partial charge in [-0.15, -0.1) is 0 Å². The largest absolute Gasteiger partial charge is 0.412 e. The zero-order valence-corrected chi connectivity index (χ0v) is 14.3. The van der Waals surface area contributed by atoms with Gasteiger partial charge in [-0.1, -0.05) is 42.5 Å². The zero-order chi connectivity index (χ0) is 19.2. The average molecular weight is 377 g/mol. The smallest absolute Gasteiger partial charge is 0.355 e. The number of carbonyl (C=O) groups excluding carboxylic acids is 2. The van der Waals surface area contributed by atoms with E-state index in [9.17, 15) is 22.8 Å². The van der Waals surface area contributed by atoms with Crippen molar-refractivity contribution in [3.05, 3.63) is 48.0 Å². The fraction of sp³-hybridized carbons (Fsp3) is 0.368. The van der Waals surface area contributed by atoms with Crippen LogP contribution < -0.4 is 10.6 Å². The lowest BCUT2D eigenvalue weighted by molar-refractivity contribution is -0.155. The first-order valence-electron chi connectivity index (χ1n) is 8.64. The monoisotopic (exact) mass is 377 g/mol. The van der Waals surface area contributed by atoms with Crippen LogP contribution in [-0.4, -0.2) is 42.6 Å². The number of nitrogens with zero attached hydrogens (tertiary/aromatic N) is 1. The van der Waals surface area contributed by atoms with Crippen molar-refractivity contribution >= 4 is 22.7 Å². The highest BCUT2D eigenvalue weighted by Crippen LogP contribution is 2.39. The number of nitrogens with one attached hydrogen (secondary N) is 2. The van der Waals surface area contributed by atoms with Crippen molar-refractivity contribution in [3.63, 3.8) is 0 Å². The van der Waals surface area contributed by atoms with Gasteiger partial charge in [-0.05, 0) is 16.3 Å². The Kier molecular flexibility index (Phi) is 4.01. The SMILES string of the molecule is O=C1CC2(CN1)CN(C(=O)NC(c1cccc3ccccc13)C(F)(F)F)C2. The van der Waals surface area contributed by atoms with Crippen LogP contribution in [0, 0.1) is 5.41 Å². The van der Waals surface area contributed by atoms with Crippen LogP contribution in [0.25, 0.3) is 10.8 Å². The maximum atomic E-state index is 13.7. The third-order valence-corrected chi connectivity index (χ3v) is 5.27. The van der Waals surface area contributed by atoms with Crippen molar-refractivity contribution in [2.45, 2.75) is 18.6 Å². The van der Waals surface area contributed by atoms with Gasteiger partial charge in [0.1, 0.15) is 0 Å². The van der Waals surface area contributed by atoms with Crippen molar-refractivity contribution in [3.8, 4) is 0 Å². The summed E-state index contributed by atoms with van der Waals surface area (Å²) in [5, 5.41) is 5.98. The molecule has 1 spiro atoms. The molecule has 0 radical (unpaired) electrons. The first-order valence-corrected chi connectivity index (χ1v) is 8.64. The zero-order valence-electron chi connectivity index (χ0n) is 14.3. The van der Waals surface area contributed by atoms with E-state index in [1.54, 1.807) is 36.4 Å². The number of likely N-dealkylation sites (tertiary alicyclic amines) is 1. The molecule has 1 atom stereocenters. The fourth-order valence-electron chi connectivity index (χ4n) is 3.94. The number of fused-ring (bicyclic) bond motifs is 1. The van der Waals surface area contributed by atoms with Gasteiger partial charge < -0.3 is 15.5 Å². The maximum absolute atomic E-state index is 13.7. The summed E-state index contributed by atoms with van der Waals surface area (Å²) >= 11 is 0. The van der Waals surface area contributed by atoms with Crippen LogP contribution in [-0.2, 0) is 4.79 Å². The van der Waals surface area contributed by atoms with E-state index in [0.717, 1.165) is 0 Å². The van der Waals surface area contributed by atoms with Gasteiger partial charge in [0.15, 0.2) is 6.04 Å². The highest BCUT2D eigenvalue weighted by Gasteiger charge is 2.51. The van der Waals surface area contributed by atoms with E-state index in [0.29, 0.717) is 23.7 Å². The molecule has 2 heterocycles. The number of amides is 3. The summed E-state index contributed by atoms with van der Waals surface area (Å²) in [6, 6.07) is 8.58. The Hall–Kier alpha value is -2.77. The number of halogens is 3. The molecule has 2 aliphatic heterocycles. The Bertz CT molecular complexity index is 901. The summed E-state index contributed by atoms with van der Waals surface area (Å²) in [5.74, 6) is -0.0843. The molecular formula is C19H18F3N3O2. The first kappa shape index (κ1) is 17.6. The van der Waals surface area contributed by atoms with E-state index in [-0.39, 0.29) is 30.0 Å². The lowest BCUT2D eigenvalue weighted by Crippen LogP contribution is -2.62. The minimum atomic E-state index is -4.63. The second kappa shape index (κ2) is 6.14. The second-order valence-electron chi connectivity index (χ2n) is 7.30. The van der Waals surface area contributed by atoms with Gasteiger partial charge in [0.05, 0.1) is 0 Å². The molecule has 1 unspecified atom stereocenters. The summed E-state index contributed by atoms with van der Waals surface area (Å²) in [6.07, 6.45) is -4.32. The lowest BCUT2D eigenvalue weighted by atomic mass is 9.79. The van der Waals surface area contributed by atoms with Crippen LogP contribution in [0.5, 0.6) is 0 Å². The Labute approximate surface area is 153 Å².